The van der Waals surface area contributed by atoms with Crippen molar-refractivity contribution in [1.29, 1.82) is 0 Å². The number of nitrogens with one attached hydrogen (secondary N) is 2. The Kier molecular flexibility index (Phi) is 3.77. The second kappa shape index (κ2) is 5.70. The number of carbonyl (C=O) groups excluding carboxylic acids is 1. The Balaban J connectivity index is 1.59. The molecule has 3 nitrogen and oxygen atoms in total. The van der Waals surface area contributed by atoms with Crippen LogP contribution < -0.4 is 5.32 Å². The molecule has 3 heteroatoms. The Labute approximate surface area is 119 Å². The van der Waals surface area contributed by atoms with E-state index in [1.54, 1.807) is 0 Å². The molecule has 0 atom stereocenters. The molecule has 0 radical (unpaired) electrons. The highest BCUT2D eigenvalue weighted by Gasteiger charge is 2.19. The van der Waals surface area contributed by atoms with Gasteiger partial charge in [0.1, 0.15) is 5.69 Å². The maximum absolute atomic E-state index is 12.2. The first kappa shape index (κ1) is 13.2. The average molecular weight is 270 g/mol. The van der Waals surface area contributed by atoms with Crippen LogP contribution in [0.5, 0.6) is 0 Å². The molecule has 2 N–H and O–H groups in total. The quantitative estimate of drug-likeness (QED) is 0.877. The molecule has 0 saturated heterocycles. The average Bonchev–Trinajstić information content (AvgIpc) is 2.90. The molecular weight excluding hydrogens is 248 g/mol. The van der Waals surface area contributed by atoms with Gasteiger partial charge in [0.2, 0.25) is 0 Å². The van der Waals surface area contributed by atoms with Gasteiger partial charge in [0.15, 0.2) is 0 Å². The first-order valence-electron chi connectivity index (χ1n) is 7.58. The highest BCUT2D eigenvalue weighted by atomic mass is 16.1. The third-order valence-corrected chi connectivity index (χ3v) is 4.46. The van der Waals surface area contributed by atoms with Gasteiger partial charge in [-0.25, -0.2) is 0 Å². The molecule has 1 aliphatic rings. The number of rotatable bonds is 3. The molecule has 106 valence electrons. The van der Waals surface area contributed by atoms with Gasteiger partial charge in [0, 0.05) is 17.4 Å². The summed E-state index contributed by atoms with van der Waals surface area (Å²) in [5.41, 5.74) is 1.68. The lowest BCUT2D eigenvalue weighted by Crippen LogP contribution is -2.31. The van der Waals surface area contributed by atoms with E-state index in [0.717, 1.165) is 23.4 Å². The zero-order valence-electron chi connectivity index (χ0n) is 12.0. The SMILES string of the molecule is CC1CCC(CNC(=O)c2cc3ccccc3[nH]2)CC1. The van der Waals surface area contributed by atoms with Crippen molar-refractivity contribution in [3.8, 4) is 0 Å². The molecule has 1 aromatic carbocycles. The fourth-order valence-electron chi connectivity index (χ4n) is 3.06. The zero-order chi connectivity index (χ0) is 13.9. The van der Waals surface area contributed by atoms with Crippen LogP contribution in [0.25, 0.3) is 10.9 Å². The number of para-hydroxylation sites is 1. The number of carbonyl (C=O) groups is 1. The van der Waals surface area contributed by atoms with E-state index in [4.69, 9.17) is 0 Å². The molecule has 1 fully saturated rings. The molecule has 0 bridgehead atoms. The normalized spacial score (nSPS) is 22.9. The fourth-order valence-corrected chi connectivity index (χ4v) is 3.06. The van der Waals surface area contributed by atoms with Crippen LogP contribution in [0, 0.1) is 11.8 Å². The Hall–Kier alpha value is -1.77. The summed E-state index contributed by atoms with van der Waals surface area (Å²) in [5.74, 6) is 1.52. The second-order valence-electron chi connectivity index (χ2n) is 6.11. The highest BCUT2D eigenvalue weighted by Crippen LogP contribution is 2.27. The Morgan fingerprint density at radius 3 is 2.75 bits per heavy atom. The molecule has 0 aliphatic heterocycles. The molecule has 1 saturated carbocycles. The number of benzene rings is 1. The monoisotopic (exact) mass is 270 g/mol. The third-order valence-electron chi connectivity index (χ3n) is 4.46. The Morgan fingerprint density at radius 1 is 1.25 bits per heavy atom. The summed E-state index contributed by atoms with van der Waals surface area (Å²) >= 11 is 0. The van der Waals surface area contributed by atoms with Crippen molar-refractivity contribution < 1.29 is 4.79 Å². The van der Waals surface area contributed by atoms with Crippen LogP contribution >= 0.6 is 0 Å². The first-order valence-corrected chi connectivity index (χ1v) is 7.58. The van der Waals surface area contributed by atoms with Crippen molar-refractivity contribution >= 4 is 16.8 Å². The summed E-state index contributed by atoms with van der Waals surface area (Å²) in [7, 11) is 0. The summed E-state index contributed by atoms with van der Waals surface area (Å²) in [5, 5.41) is 4.16. The number of hydrogen-bond acceptors (Lipinski definition) is 1. The van der Waals surface area contributed by atoms with Crippen molar-refractivity contribution in [1.82, 2.24) is 10.3 Å². The van der Waals surface area contributed by atoms with Crippen LogP contribution in [0.15, 0.2) is 30.3 Å². The molecule has 1 amide bonds. The van der Waals surface area contributed by atoms with Crippen molar-refractivity contribution in [2.45, 2.75) is 32.6 Å². The first-order chi connectivity index (χ1) is 9.72. The lowest BCUT2D eigenvalue weighted by Gasteiger charge is -2.26. The van der Waals surface area contributed by atoms with E-state index in [-0.39, 0.29) is 5.91 Å². The van der Waals surface area contributed by atoms with Gasteiger partial charge >= 0.3 is 0 Å². The van der Waals surface area contributed by atoms with Crippen LogP contribution in [0.1, 0.15) is 43.1 Å². The highest BCUT2D eigenvalue weighted by molar-refractivity contribution is 5.97. The molecule has 0 spiro atoms. The molecule has 3 rings (SSSR count). The molecule has 1 aromatic heterocycles. The van der Waals surface area contributed by atoms with Crippen molar-refractivity contribution in [2.24, 2.45) is 11.8 Å². The summed E-state index contributed by atoms with van der Waals surface area (Å²) in [6.45, 7) is 3.13. The molecular formula is C17H22N2O. The number of aromatic amines is 1. The fraction of sp³-hybridized carbons (Fsp3) is 0.471. The van der Waals surface area contributed by atoms with Gasteiger partial charge in [-0.3, -0.25) is 4.79 Å². The third kappa shape index (κ3) is 2.87. The molecule has 1 heterocycles. The second-order valence-corrected chi connectivity index (χ2v) is 6.11. The number of aromatic nitrogens is 1. The van der Waals surface area contributed by atoms with E-state index >= 15 is 0 Å². The number of amides is 1. The Bertz CT molecular complexity index is 561. The van der Waals surface area contributed by atoms with Crippen LogP contribution in [-0.2, 0) is 0 Å². The van der Waals surface area contributed by atoms with Crippen molar-refractivity contribution in [3.63, 3.8) is 0 Å². The molecule has 2 aromatic rings. The maximum atomic E-state index is 12.2. The molecule has 20 heavy (non-hydrogen) atoms. The van der Waals surface area contributed by atoms with E-state index in [2.05, 4.69) is 17.2 Å². The van der Waals surface area contributed by atoms with Crippen LogP contribution in [-0.4, -0.2) is 17.4 Å². The zero-order valence-corrected chi connectivity index (χ0v) is 12.0. The van der Waals surface area contributed by atoms with Gasteiger partial charge < -0.3 is 10.3 Å². The standard InChI is InChI=1S/C17H22N2O/c1-12-6-8-13(9-7-12)11-18-17(20)16-10-14-4-2-3-5-15(14)19-16/h2-5,10,12-13,19H,6-9,11H2,1H3,(H,18,20). The van der Waals surface area contributed by atoms with E-state index in [9.17, 15) is 4.79 Å². The van der Waals surface area contributed by atoms with Gasteiger partial charge in [-0.2, -0.15) is 0 Å². The molecule has 0 unspecified atom stereocenters. The van der Waals surface area contributed by atoms with E-state index in [1.165, 1.54) is 25.7 Å². The topological polar surface area (TPSA) is 44.9 Å². The lowest BCUT2D eigenvalue weighted by atomic mass is 9.83. The van der Waals surface area contributed by atoms with Crippen molar-refractivity contribution in [3.05, 3.63) is 36.0 Å². The minimum absolute atomic E-state index is 0.0137. The van der Waals surface area contributed by atoms with E-state index < -0.39 is 0 Å². The van der Waals surface area contributed by atoms with Gasteiger partial charge in [0.05, 0.1) is 0 Å². The van der Waals surface area contributed by atoms with Gasteiger partial charge in [-0.1, -0.05) is 38.0 Å². The minimum Gasteiger partial charge on any atom is -0.351 e. The van der Waals surface area contributed by atoms with E-state index in [0.29, 0.717) is 11.6 Å². The van der Waals surface area contributed by atoms with Gasteiger partial charge in [-0.15, -0.1) is 0 Å². The number of fused-ring (bicyclic) bond motifs is 1. The summed E-state index contributed by atoms with van der Waals surface area (Å²) in [6, 6.07) is 9.90. The predicted molar refractivity (Wildman–Crippen MR) is 81.8 cm³/mol. The smallest absolute Gasteiger partial charge is 0.267 e. The summed E-state index contributed by atoms with van der Waals surface area (Å²) in [6.07, 6.45) is 5.09. The van der Waals surface area contributed by atoms with Crippen LogP contribution in [0.2, 0.25) is 0 Å². The summed E-state index contributed by atoms with van der Waals surface area (Å²) < 4.78 is 0. The Morgan fingerprint density at radius 2 is 2.00 bits per heavy atom. The number of H-pyrrole nitrogens is 1. The minimum atomic E-state index is 0.0137. The number of hydrogen-bond donors (Lipinski definition) is 2. The van der Waals surface area contributed by atoms with Gasteiger partial charge in [0.25, 0.3) is 5.91 Å². The van der Waals surface area contributed by atoms with Gasteiger partial charge in [-0.05, 0) is 36.8 Å². The van der Waals surface area contributed by atoms with Crippen LogP contribution in [0.4, 0.5) is 0 Å². The van der Waals surface area contributed by atoms with Crippen molar-refractivity contribution in [2.75, 3.05) is 6.54 Å². The molecule has 1 aliphatic carbocycles. The predicted octanol–water partition coefficient (Wildman–Crippen LogP) is 3.72. The lowest BCUT2D eigenvalue weighted by molar-refractivity contribution is 0.0937. The largest absolute Gasteiger partial charge is 0.351 e. The van der Waals surface area contributed by atoms with E-state index in [1.807, 2.05) is 30.3 Å². The van der Waals surface area contributed by atoms with Crippen LogP contribution in [0.3, 0.4) is 0 Å². The maximum Gasteiger partial charge on any atom is 0.267 e. The summed E-state index contributed by atoms with van der Waals surface area (Å²) in [4.78, 5) is 15.4.